The lowest BCUT2D eigenvalue weighted by Crippen LogP contribution is -2.56. The number of rotatable bonds is 12. The molecule has 40 heavy (non-hydrogen) atoms. The molecule has 0 aliphatic rings. The van der Waals surface area contributed by atoms with E-state index in [1.807, 2.05) is 6.07 Å². The minimum absolute atomic E-state index is 0.00272. The zero-order valence-electron chi connectivity index (χ0n) is 22.0. The van der Waals surface area contributed by atoms with E-state index in [9.17, 15) is 28.8 Å². The molecule has 2 rings (SSSR count). The van der Waals surface area contributed by atoms with Gasteiger partial charge in [0.05, 0.1) is 0 Å². The number of nitrogens with zero attached hydrogens (tertiary/aromatic N) is 1. The van der Waals surface area contributed by atoms with Crippen LogP contribution in [0, 0.1) is 0 Å². The van der Waals surface area contributed by atoms with Crippen LogP contribution in [0.3, 0.4) is 0 Å². The van der Waals surface area contributed by atoms with Crippen molar-refractivity contribution in [3.63, 3.8) is 0 Å². The van der Waals surface area contributed by atoms with Gasteiger partial charge in [-0.3, -0.25) is 24.6 Å². The van der Waals surface area contributed by atoms with Crippen LogP contribution in [0.5, 0.6) is 0 Å². The Bertz CT molecular complexity index is 1220. The normalized spacial score (nSPS) is 11.9. The molecule has 0 aromatic heterocycles. The van der Waals surface area contributed by atoms with E-state index in [1.54, 1.807) is 54.6 Å². The summed E-state index contributed by atoms with van der Waals surface area (Å²) in [4.78, 5) is 72.8. The highest BCUT2D eigenvalue weighted by atomic mass is 16.5. The SMILES string of the molecule is C[C@H](NC(=O)OCc1ccccc1)C(=O)N[C@@H](C)C(=O)NN(CC(N)=O)C(=O)C=CC(=O)OCc1ccccc1. The van der Waals surface area contributed by atoms with Crippen LogP contribution in [-0.2, 0) is 46.7 Å². The Kier molecular flexibility index (Phi) is 12.3. The summed E-state index contributed by atoms with van der Waals surface area (Å²) in [6.07, 6.45) is 0.796. The summed E-state index contributed by atoms with van der Waals surface area (Å²) in [6, 6.07) is 15.5. The lowest BCUT2D eigenvalue weighted by atomic mass is 10.2. The Morgan fingerprint density at radius 2 is 1.30 bits per heavy atom. The molecule has 0 saturated heterocycles. The molecular weight excluding hydrogens is 522 g/mol. The third-order valence-corrected chi connectivity index (χ3v) is 5.10. The molecule has 0 spiro atoms. The molecule has 0 heterocycles. The fourth-order valence-corrected chi connectivity index (χ4v) is 2.98. The van der Waals surface area contributed by atoms with Crippen LogP contribution in [-0.4, -0.2) is 59.3 Å². The largest absolute Gasteiger partial charge is 0.458 e. The maximum Gasteiger partial charge on any atom is 0.408 e. The van der Waals surface area contributed by atoms with Crippen LogP contribution >= 0.6 is 0 Å². The molecule has 212 valence electrons. The minimum Gasteiger partial charge on any atom is -0.458 e. The number of ether oxygens (including phenoxy) is 2. The van der Waals surface area contributed by atoms with Crippen molar-refractivity contribution in [1.29, 1.82) is 0 Å². The fraction of sp³-hybridized carbons (Fsp3) is 0.259. The van der Waals surface area contributed by atoms with Crippen molar-refractivity contribution < 1.29 is 38.2 Å². The predicted octanol–water partition coefficient (Wildman–Crippen LogP) is 0.451. The standard InChI is InChI=1S/C27H31N5O8/c1-18(30-27(38)40-17-21-11-7-4-8-12-21)25(36)29-19(2)26(37)31-32(15-22(28)33)23(34)13-14-24(35)39-16-20-9-5-3-6-10-20/h3-14,18-19H,15-17H2,1-2H3,(H2,28,33)(H,29,36)(H,30,38)(H,31,37)/t18-,19-/m0/s1. The van der Waals surface area contributed by atoms with Gasteiger partial charge >= 0.3 is 12.1 Å². The molecule has 0 radical (unpaired) electrons. The van der Waals surface area contributed by atoms with Crippen LogP contribution in [0.15, 0.2) is 72.8 Å². The van der Waals surface area contributed by atoms with Crippen molar-refractivity contribution >= 4 is 35.7 Å². The van der Waals surface area contributed by atoms with Gasteiger partial charge in [0, 0.05) is 12.2 Å². The second kappa shape index (κ2) is 15.9. The van der Waals surface area contributed by atoms with Crippen molar-refractivity contribution in [3.8, 4) is 0 Å². The van der Waals surface area contributed by atoms with E-state index >= 15 is 0 Å². The number of esters is 1. The maximum absolute atomic E-state index is 12.6. The Balaban J connectivity index is 1.84. The molecule has 13 heteroatoms. The molecule has 0 aliphatic heterocycles. The topological polar surface area (TPSA) is 186 Å². The monoisotopic (exact) mass is 553 g/mol. The molecule has 0 fully saturated rings. The number of amides is 5. The van der Waals surface area contributed by atoms with Gasteiger partial charge in [0.25, 0.3) is 11.8 Å². The van der Waals surface area contributed by atoms with Crippen LogP contribution in [0.2, 0.25) is 0 Å². The van der Waals surface area contributed by atoms with Gasteiger partial charge in [-0.2, -0.15) is 0 Å². The Hall–Kier alpha value is -5.20. The van der Waals surface area contributed by atoms with Crippen LogP contribution in [0.1, 0.15) is 25.0 Å². The lowest BCUT2D eigenvalue weighted by Gasteiger charge is -2.24. The van der Waals surface area contributed by atoms with E-state index in [-0.39, 0.29) is 13.2 Å². The summed E-state index contributed by atoms with van der Waals surface area (Å²) in [7, 11) is 0. The van der Waals surface area contributed by atoms with E-state index in [4.69, 9.17) is 15.2 Å². The van der Waals surface area contributed by atoms with Crippen molar-refractivity contribution in [2.24, 2.45) is 5.73 Å². The predicted molar refractivity (Wildman–Crippen MR) is 141 cm³/mol. The van der Waals surface area contributed by atoms with E-state index < -0.39 is 54.3 Å². The summed E-state index contributed by atoms with van der Waals surface area (Å²) < 4.78 is 10.1. The minimum atomic E-state index is -1.19. The first-order valence-corrected chi connectivity index (χ1v) is 12.1. The van der Waals surface area contributed by atoms with Crippen molar-refractivity contribution in [2.75, 3.05) is 6.54 Å². The highest BCUT2D eigenvalue weighted by Gasteiger charge is 2.24. The number of nitrogens with one attached hydrogen (secondary N) is 3. The van der Waals surface area contributed by atoms with Gasteiger partial charge < -0.3 is 25.8 Å². The number of hydrogen-bond acceptors (Lipinski definition) is 8. The summed E-state index contributed by atoms with van der Waals surface area (Å²) >= 11 is 0. The molecule has 5 N–H and O–H groups in total. The van der Waals surface area contributed by atoms with E-state index in [2.05, 4.69) is 16.1 Å². The summed E-state index contributed by atoms with van der Waals surface area (Å²) in [5, 5.41) is 5.30. The van der Waals surface area contributed by atoms with E-state index in [1.165, 1.54) is 13.8 Å². The number of carbonyl (C=O) groups excluding carboxylic acids is 6. The Morgan fingerprint density at radius 1 is 0.775 bits per heavy atom. The molecule has 0 unspecified atom stereocenters. The maximum atomic E-state index is 12.6. The van der Waals surface area contributed by atoms with Crippen LogP contribution in [0.25, 0.3) is 0 Å². The first-order valence-electron chi connectivity index (χ1n) is 12.1. The van der Waals surface area contributed by atoms with Crippen LogP contribution < -0.4 is 21.8 Å². The molecule has 2 aromatic carbocycles. The van der Waals surface area contributed by atoms with Crippen molar-refractivity contribution in [1.82, 2.24) is 21.1 Å². The number of primary amides is 1. The third kappa shape index (κ3) is 11.5. The van der Waals surface area contributed by atoms with Gasteiger partial charge in [-0.15, -0.1) is 0 Å². The molecule has 2 aromatic rings. The highest BCUT2D eigenvalue weighted by Crippen LogP contribution is 2.02. The lowest BCUT2D eigenvalue weighted by molar-refractivity contribution is -0.142. The second-order valence-electron chi connectivity index (χ2n) is 8.45. The second-order valence-corrected chi connectivity index (χ2v) is 8.45. The molecule has 0 saturated carbocycles. The fourth-order valence-electron chi connectivity index (χ4n) is 2.98. The van der Waals surface area contributed by atoms with Crippen molar-refractivity contribution in [2.45, 2.75) is 39.1 Å². The summed E-state index contributed by atoms with van der Waals surface area (Å²) in [5.74, 6) is -4.31. The van der Waals surface area contributed by atoms with Gasteiger partial charge in [0.2, 0.25) is 11.8 Å². The Morgan fingerprint density at radius 3 is 1.85 bits per heavy atom. The average Bonchev–Trinajstić information content (AvgIpc) is 2.94. The van der Waals surface area contributed by atoms with E-state index in [0.717, 1.165) is 23.3 Å². The molecule has 0 bridgehead atoms. The molecule has 13 nitrogen and oxygen atoms in total. The molecule has 0 aliphatic carbocycles. The number of alkyl carbamates (subject to hydrolysis) is 1. The van der Waals surface area contributed by atoms with E-state index in [0.29, 0.717) is 5.01 Å². The number of benzene rings is 2. The Labute approximate surface area is 230 Å². The summed E-state index contributed by atoms with van der Waals surface area (Å²) in [6.45, 7) is 1.98. The highest BCUT2D eigenvalue weighted by molar-refractivity contribution is 5.98. The first-order chi connectivity index (χ1) is 19.0. The number of carbonyl (C=O) groups is 6. The van der Waals surface area contributed by atoms with Gasteiger partial charge in [0.1, 0.15) is 31.8 Å². The third-order valence-electron chi connectivity index (χ3n) is 5.10. The zero-order valence-corrected chi connectivity index (χ0v) is 22.0. The number of nitrogens with two attached hydrogens (primary N) is 1. The zero-order chi connectivity index (χ0) is 29.5. The number of hydrogen-bond donors (Lipinski definition) is 4. The quantitative estimate of drug-likeness (QED) is 0.166. The summed E-state index contributed by atoms with van der Waals surface area (Å²) in [5.41, 5.74) is 8.82. The average molecular weight is 554 g/mol. The molecule has 2 atom stereocenters. The van der Waals surface area contributed by atoms with Gasteiger partial charge in [-0.05, 0) is 25.0 Å². The number of hydrazine groups is 1. The smallest absolute Gasteiger partial charge is 0.408 e. The molecule has 5 amide bonds. The van der Waals surface area contributed by atoms with Gasteiger partial charge in [-0.25, -0.2) is 14.6 Å². The van der Waals surface area contributed by atoms with Crippen molar-refractivity contribution in [3.05, 3.63) is 83.9 Å². The first kappa shape index (κ1) is 31.0. The molecular formula is C27H31N5O8. The van der Waals surface area contributed by atoms with Gasteiger partial charge in [-0.1, -0.05) is 60.7 Å². The van der Waals surface area contributed by atoms with Gasteiger partial charge in [0.15, 0.2) is 0 Å². The van der Waals surface area contributed by atoms with Crippen LogP contribution in [0.4, 0.5) is 4.79 Å².